The molecule has 0 unspecified atom stereocenters. The Labute approximate surface area is 98.8 Å². The zero-order chi connectivity index (χ0) is 11.8. The van der Waals surface area contributed by atoms with E-state index in [1.54, 1.807) is 0 Å². The predicted octanol–water partition coefficient (Wildman–Crippen LogP) is 3.86. The van der Waals surface area contributed by atoms with Crippen LogP contribution in [0.15, 0.2) is 24.3 Å². The fraction of sp³-hybridized carbons (Fsp3) is 0.571. The summed E-state index contributed by atoms with van der Waals surface area (Å²) in [6, 6.07) is 7.62. The highest BCUT2D eigenvalue weighted by molar-refractivity contribution is 5.41. The van der Waals surface area contributed by atoms with Crippen LogP contribution in [-0.4, -0.2) is 6.61 Å². The number of ether oxygens (including phenoxy) is 1. The third-order valence-electron chi connectivity index (χ3n) is 2.91. The van der Waals surface area contributed by atoms with Gasteiger partial charge in [-0.05, 0) is 36.6 Å². The van der Waals surface area contributed by atoms with Crippen molar-refractivity contribution in [3.63, 3.8) is 0 Å². The highest BCUT2D eigenvalue weighted by atomic mass is 16.5. The van der Waals surface area contributed by atoms with Crippen molar-refractivity contribution in [2.75, 3.05) is 12.3 Å². The molecule has 2 nitrogen and oxygen atoms in total. The maximum absolute atomic E-state index is 5.76. The molecule has 1 rings (SSSR count). The molecule has 2 N–H and O–H groups in total. The highest BCUT2D eigenvalue weighted by Crippen LogP contribution is 2.17. The normalized spacial score (nSPS) is 12.4. The molecular formula is C14H23NO. The minimum atomic E-state index is 0.678. The van der Waals surface area contributed by atoms with Gasteiger partial charge < -0.3 is 10.5 Å². The molecule has 0 aliphatic rings. The van der Waals surface area contributed by atoms with Crippen LogP contribution in [0, 0.1) is 5.92 Å². The van der Waals surface area contributed by atoms with Gasteiger partial charge in [0.05, 0.1) is 6.61 Å². The van der Waals surface area contributed by atoms with Gasteiger partial charge in [-0.2, -0.15) is 0 Å². The molecule has 16 heavy (non-hydrogen) atoms. The SMILES string of the molecule is CCCC[C@H](CC)COc1ccc(N)cc1. The molecule has 0 amide bonds. The molecule has 0 aliphatic heterocycles. The average Bonchev–Trinajstić information content (AvgIpc) is 2.32. The van der Waals surface area contributed by atoms with Gasteiger partial charge in [-0.3, -0.25) is 0 Å². The second-order valence-corrected chi connectivity index (χ2v) is 4.30. The quantitative estimate of drug-likeness (QED) is 0.709. The van der Waals surface area contributed by atoms with Crippen LogP contribution in [0.4, 0.5) is 5.69 Å². The smallest absolute Gasteiger partial charge is 0.119 e. The lowest BCUT2D eigenvalue weighted by Gasteiger charge is -2.15. The number of anilines is 1. The standard InChI is InChI=1S/C14H23NO/c1-3-5-6-12(4-2)11-16-14-9-7-13(15)8-10-14/h7-10,12H,3-6,11,15H2,1-2H3/t12-/m0/s1. The Morgan fingerprint density at radius 1 is 1.19 bits per heavy atom. The Bertz CT molecular complexity index is 281. The Hall–Kier alpha value is -1.18. The lowest BCUT2D eigenvalue weighted by atomic mass is 10.0. The summed E-state index contributed by atoms with van der Waals surface area (Å²) in [6.07, 6.45) is 5.01. The number of nitrogen functional groups attached to an aromatic ring is 1. The van der Waals surface area contributed by atoms with Gasteiger partial charge in [0.15, 0.2) is 0 Å². The monoisotopic (exact) mass is 221 g/mol. The van der Waals surface area contributed by atoms with Crippen molar-refractivity contribution >= 4 is 5.69 Å². The third-order valence-corrected chi connectivity index (χ3v) is 2.91. The second kappa shape index (κ2) is 7.15. The number of benzene rings is 1. The Kier molecular flexibility index (Phi) is 5.76. The van der Waals surface area contributed by atoms with Gasteiger partial charge in [-0.1, -0.05) is 33.1 Å². The maximum atomic E-state index is 5.76. The van der Waals surface area contributed by atoms with E-state index >= 15 is 0 Å². The summed E-state index contributed by atoms with van der Waals surface area (Å²) in [5, 5.41) is 0. The van der Waals surface area contributed by atoms with E-state index in [0.717, 1.165) is 18.0 Å². The first-order valence-corrected chi connectivity index (χ1v) is 6.24. The zero-order valence-corrected chi connectivity index (χ0v) is 10.4. The summed E-state index contributed by atoms with van der Waals surface area (Å²) >= 11 is 0. The van der Waals surface area contributed by atoms with Crippen molar-refractivity contribution in [3.8, 4) is 5.75 Å². The van der Waals surface area contributed by atoms with E-state index in [1.165, 1.54) is 25.7 Å². The van der Waals surface area contributed by atoms with Gasteiger partial charge >= 0.3 is 0 Å². The number of unbranched alkanes of at least 4 members (excludes halogenated alkanes) is 1. The second-order valence-electron chi connectivity index (χ2n) is 4.30. The summed E-state index contributed by atoms with van der Waals surface area (Å²) in [7, 11) is 0. The van der Waals surface area contributed by atoms with Crippen LogP contribution in [0.5, 0.6) is 5.75 Å². The van der Waals surface area contributed by atoms with E-state index in [1.807, 2.05) is 24.3 Å². The van der Waals surface area contributed by atoms with E-state index in [-0.39, 0.29) is 0 Å². The molecule has 1 atom stereocenters. The largest absolute Gasteiger partial charge is 0.493 e. The van der Waals surface area contributed by atoms with Crippen LogP contribution in [0.2, 0.25) is 0 Å². The molecule has 90 valence electrons. The Morgan fingerprint density at radius 3 is 2.44 bits per heavy atom. The van der Waals surface area contributed by atoms with Crippen LogP contribution in [-0.2, 0) is 0 Å². The van der Waals surface area contributed by atoms with Gasteiger partial charge in [0.2, 0.25) is 0 Å². The van der Waals surface area contributed by atoms with E-state index in [2.05, 4.69) is 13.8 Å². The fourth-order valence-corrected chi connectivity index (χ4v) is 1.68. The van der Waals surface area contributed by atoms with Crippen LogP contribution < -0.4 is 10.5 Å². The lowest BCUT2D eigenvalue weighted by Crippen LogP contribution is -2.11. The van der Waals surface area contributed by atoms with Crippen LogP contribution in [0.3, 0.4) is 0 Å². The third kappa shape index (κ3) is 4.56. The molecular weight excluding hydrogens is 198 g/mol. The first-order valence-electron chi connectivity index (χ1n) is 6.24. The minimum absolute atomic E-state index is 0.678. The van der Waals surface area contributed by atoms with Crippen molar-refractivity contribution in [2.24, 2.45) is 5.92 Å². The first-order chi connectivity index (χ1) is 7.76. The van der Waals surface area contributed by atoms with Crippen LogP contribution in [0.1, 0.15) is 39.5 Å². The highest BCUT2D eigenvalue weighted by Gasteiger charge is 2.06. The Balaban J connectivity index is 2.34. The average molecular weight is 221 g/mol. The molecule has 0 bridgehead atoms. The number of rotatable bonds is 7. The van der Waals surface area contributed by atoms with Crippen LogP contribution in [0.25, 0.3) is 0 Å². The molecule has 0 aliphatic carbocycles. The molecule has 0 heterocycles. The maximum Gasteiger partial charge on any atom is 0.119 e. The minimum Gasteiger partial charge on any atom is -0.493 e. The molecule has 0 radical (unpaired) electrons. The molecule has 0 saturated carbocycles. The summed E-state index contributed by atoms with van der Waals surface area (Å²) in [4.78, 5) is 0. The first kappa shape index (κ1) is 12.9. The summed E-state index contributed by atoms with van der Waals surface area (Å²) in [6.45, 7) is 5.28. The Morgan fingerprint density at radius 2 is 1.88 bits per heavy atom. The molecule has 1 aromatic carbocycles. The van der Waals surface area contributed by atoms with Crippen molar-refractivity contribution in [1.82, 2.24) is 0 Å². The van der Waals surface area contributed by atoms with Crippen molar-refractivity contribution < 1.29 is 4.74 Å². The topological polar surface area (TPSA) is 35.2 Å². The van der Waals surface area contributed by atoms with Gasteiger partial charge in [0.25, 0.3) is 0 Å². The number of nitrogens with two attached hydrogens (primary N) is 1. The van der Waals surface area contributed by atoms with Gasteiger partial charge in [0.1, 0.15) is 5.75 Å². The lowest BCUT2D eigenvalue weighted by molar-refractivity contribution is 0.233. The zero-order valence-electron chi connectivity index (χ0n) is 10.4. The van der Waals surface area contributed by atoms with E-state index < -0.39 is 0 Å². The van der Waals surface area contributed by atoms with Gasteiger partial charge in [-0.25, -0.2) is 0 Å². The van der Waals surface area contributed by atoms with Crippen molar-refractivity contribution in [1.29, 1.82) is 0 Å². The summed E-state index contributed by atoms with van der Waals surface area (Å²) in [5.74, 6) is 1.60. The molecule has 2 heteroatoms. The predicted molar refractivity (Wildman–Crippen MR) is 69.7 cm³/mol. The molecule has 0 saturated heterocycles. The molecule has 1 aromatic rings. The molecule has 0 spiro atoms. The summed E-state index contributed by atoms with van der Waals surface area (Å²) in [5.41, 5.74) is 6.40. The van der Waals surface area contributed by atoms with Crippen molar-refractivity contribution in [3.05, 3.63) is 24.3 Å². The summed E-state index contributed by atoms with van der Waals surface area (Å²) < 4.78 is 5.76. The van der Waals surface area contributed by atoms with Crippen molar-refractivity contribution in [2.45, 2.75) is 39.5 Å². The fourth-order valence-electron chi connectivity index (χ4n) is 1.68. The van der Waals surface area contributed by atoms with Crippen LogP contribution >= 0.6 is 0 Å². The molecule has 0 fully saturated rings. The molecule has 0 aromatic heterocycles. The number of hydrogen-bond acceptors (Lipinski definition) is 2. The van der Waals surface area contributed by atoms with E-state index in [4.69, 9.17) is 10.5 Å². The van der Waals surface area contributed by atoms with Gasteiger partial charge in [-0.15, -0.1) is 0 Å². The van der Waals surface area contributed by atoms with Gasteiger partial charge in [0, 0.05) is 5.69 Å². The van der Waals surface area contributed by atoms with E-state index in [0.29, 0.717) is 5.92 Å². The number of hydrogen-bond donors (Lipinski definition) is 1. The van der Waals surface area contributed by atoms with E-state index in [9.17, 15) is 0 Å².